The van der Waals surface area contributed by atoms with Crippen molar-refractivity contribution in [2.45, 2.75) is 19.3 Å². The molecule has 0 atom stereocenters. The van der Waals surface area contributed by atoms with E-state index in [-0.39, 0.29) is 11.7 Å². The Balaban J connectivity index is 1.88. The van der Waals surface area contributed by atoms with Gasteiger partial charge in [-0.3, -0.25) is 9.69 Å². The summed E-state index contributed by atoms with van der Waals surface area (Å²) < 4.78 is 1.35. The van der Waals surface area contributed by atoms with Gasteiger partial charge in [0.25, 0.3) is 0 Å². The molecular formula is C13H19N5O3. The van der Waals surface area contributed by atoms with E-state index in [2.05, 4.69) is 15.3 Å². The molecule has 8 nitrogen and oxygen atoms in total. The van der Waals surface area contributed by atoms with Crippen molar-refractivity contribution in [3.05, 3.63) is 28.0 Å². The van der Waals surface area contributed by atoms with Crippen LogP contribution in [0.25, 0.3) is 6.08 Å². The molecule has 1 aromatic rings. The quantitative estimate of drug-likeness (QED) is 0.494. The van der Waals surface area contributed by atoms with Crippen molar-refractivity contribution in [2.24, 2.45) is 7.05 Å². The molecule has 1 aliphatic rings. The second-order valence-electron chi connectivity index (χ2n) is 5.05. The van der Waals surface area contributed by atoms with E-state index in [4.69, 9.17) is 0 Å². The van der Waals surface area contributed by atoms with Crippen LogP contribution in [0.15, 0.2) is 12.3 Å². The molecule has 1 amide bonds. The van der Waals surface area contributed by atoms with Gasteiger partial charge in [-0.15, -0.1) is 0 Å². The Morgan fingerprint density at radius 1 is 1.48 bits per heavy atom. The van der Waals surface area contributed by atoms with Crippen LogP contribution in [0.4, 0.5) is 5.82 Å². The van der Waals surface area contributed by atoms with Crippen molar-refractivity contribution in [3.8, 4) is 0 Å². The number of nitrogens with one attached hydrogen (secondary N) is 1. The maximum absolute atomic E-state index is 11.7. The molecule has 2 heterocycles. The van der Waals surface area contributed by atoms with Crippen LogP contribution in [0.1, 0.15) is 24.8 Å². The number of hydrogen-bond acceptors (Lipinski definition) is 5. The van der Waals surface area contributed by atoms with Crippen molar-refractivity contribution in [3.63, 3.8) is 0 Å². The van der Waals surface area contributed by atoms with Gasteiger partial charge < -0.3 is 15.4 Å². The lowest BCUT2D eigenvalue weighted by Crippen LogP contribution is -2.39. The fraction of sp³-hybridized carbons (Fsp3) is 0.538. The third-order valence-corrected chi connectivity index (χ3v) is 3.35. The molecule has 2 rings (SSSR count). The number of rotatable bonds is 5. The maximum Gasteiger partial charge on any atom is 0.397 e. The van der Waals surface area contributed by atoms with Crippen LogP contribution in [0.2, 0.25) is 0 Å². The van der Waals surface area contributed by atoms with Crippen LogP contribution in [0, 0.1) is 10.1 Å². The van der Waals surface area contributed by atoms with Gasteiger partial charge in [0.15, 0.2) is 0 Å². The number of carbonyl (C=O) groups excluding carboxylic acids is 1. The summed E-state index contributed by atoms with van der Waals surface area (Å²) in [5, 5.41) is 17.3. The van der Waals surface area contributed by atoms with Gasteiger partial charge in [-0.05, 0) is 36.9 Å². The van der Waals surface area contributed by atoms with Crippen LogP contribution in [-0.2, 0) is 11.8 Å². The summed E-state index contributed by atoms with van der Waals surface area (Å²) >= 11 is 0. The van der Waals surface area contributed by atoms with Gasteiger partial charge >= 0.3 is 5.82 Å². The molecule has 8 heteroatoms. The smallest absolute Gasteiger partial charge is 0.358 e. The summed E-state index contributed by atoms with van der Waals surface area (Å²) in [7, 11) is 1.60. The summed E-state index contributed by atoms with van der Waals surface area (Å²) in [4.78, 5) is 24.1. The van der Waals surface area contributed by atoms with Gasteiger partial charge in [-0.1, -0.05) is 6.42 Å². The molecule has 0 radical (unpaired) electrons. The molecule has 114 valence electrons. The Bertz CT molecular complexity index is 546. The molecule has 0 unspecified atom stereocenters. The Hall–Kier alpha value is -2.22. The zero-order valence-electron chi connectivity index (χ0n) is 12.0. The fourth-order valence-electron chi connectivity index (χ4n) is 2.29. The number of amides is 1. The van der Waals surface area contributed by atoms with E-state index in [9.17, 15) is 14.9 Å². The Kier molecular flexibility index (Phi) is 5.04. The SMILES string of the molecule is Cn1cc(C=CC(=O)NCN2CCCCC2)c([N+](=O)[O-])n1. The number of likely N-dealkylation sites (tertiary alicyclic amines) is 1. The van der Waals surface area contributed by atoms with Crippen LogP contribution in [0.5, 0.6) is 0 Å². The average molecular weight is 293 g/mol. The molecule has 0 aromatic carbocycles. The lowest BCUT2D eigenvalue weighted by atomic mass is 10.1. The van der Waals surface area contributed by atoms with Crippen LogP contribution < -0.4 is 5.32 Å². The van der Waals surface area contributed by atoms with Gasteiger partial charge in [-0.25, -0.2) is 0 Å². The van der Waals surface area contributed by atoms with E-state index in [1.54, 1.807) is 7.05 Å². The summed E-state index contributed by atoms with van der Waals surface area (Å²) in [5.41, 5.74) is 0.315. The highest BCUT2D eigenvalue weighted by Gasteiger charge is 2.17. The lowest BCUT2D eigenvalue weighted by molar-refractivity contribution is -0.390. The Morgan fingerprint density at radius 3 is 2.86 bits per heavy atom. The first kappa shape index (κ1) is 15.2. The highest BCUT2D eigenvalue weighted by molar-refractivity contribution is 5.92. The van der Waals surface area contributed by atoms with Crippen LogP contribution >= 0.6 is 0 Å². The van der Waals surface area contributed by atoms with Crippen molar-refractivity contribution >= 4 is 17.8 Å². The fourth-order valence-corrected chi connectivity index (χ4v) is 2.29. The van der Waals surface area contributed by atoms with Crippen molar-refractivity contribution in [1.82, 2.24) is 20.0 Å². The third-order valence-electron chi connectivity index (χ3n) is 3.35. The van der Waals surface area contributed by atoms with E-state index in [0.29, 0.717) is 12.2 Å². The number of nitro groups is 1. The number of piperidine rings is 1. The van der Waals surface area contributed by atoms with Gasteiger partial charge in [0, 0.05) is 6.08 Å². The number of hydrogen-bond donors (Lipinski definition) is 1. The van der Waals surface area contributed by atoms with Crippen molar-refractivity contribution in [2.75, 3.05) is 19.8 Å². The monoisotopic (exact) mass is 293 g/mol. The number of carbonyl (C=O) groups is 1. The normalized spacial score (nSPS) is 16.2. The van der Waals surface area contributed by atoms with Crippen molar-refractivity contribution < 1.29 is 9.72 Å². The zero-order chi connectivity index (χ0) is 15.2. The summed E-state index contributed by atoms with van der Waals surface area (Å²) in [6.07, 6.45) is 7.79. The summed E-state index contributed by atoms with van der Waals surface area (Å²) in [5.74, 6) is -0.517. The standard InChI is InChI=1S/C13H19N5O3/c1-16-9-11(13(15-16)18(20)21)5-6-12(19)14-10-17-7-3-2-4-8-17/h5-6,9H,2-4,7-8,10H2,1H3,(H,14,19). The number of nitrogens with zero attached hydrogens (tertiary/aromatic N) is 4. The zero-order valence-corrected chi connectivity index (χ0v) is 12.0. The van der Waals surface area contributed by atoms with Gasteiger partial charge in [0.1, 0.15) is 0 Å². The van der Waals surface area contributed by atoms with Crippen molar-refractivity contribution in [1.29, 1.82) is 0 Å². The molecule has 1 N–H and O–H groups in total. The highest BCUT2D eigenvalue weighted by Crippen LogP contribution is 2.16. The first-order valence-electron chi connectivity index (χ1n) is 6.92. The Labute approximate surface area is 122 Å². The van der Waals surface area contributed by atoms with E-state index >= 15 is 0 Å². The number of aryl methyl sites for hydroxylation is 1. The van der Waals surface area contributed by atoms with E-state index in [0.717, 1.165) is 25.9 Å². The van der Waals surface area contributed by atoms with E-state index in [1.807, 2.05) is 0 Å². The molecule has 1 saturated heterocycles. The first-order chi connectivity index (χ1) is 10.1. The van der Waals surface area contributed by atoms with Gasteiger partial charge in [0.2, 0.25) is 5.91 Å². The molecule has 1 fully saturated rings. The lowest BCUT2D eigenvalue weighted by Gasteiger charge is -2.26. The first-order valence-corrected chi connectivity index (χ1v) is 6.92. The second-order valence-corrected chi connectivity index (χ2v) is 5.05. The molecule has 0 saturated carbocycles. The van der Waals surface area contributed by atoms with Gasteiger partial charge in [-0.2, -0.15) is 4.68 Å². The molecule has 1 aromatic heterocycles. The topological polar surface area (TPSA) is 93.3 Å². The number of aromatic nitrogens is 2. The molecule has 0 aliphatic carbocycles. The minimum Gasteiger partial charge on any atom is -0.358 e. The predicted octanol–water partition coefficient (Wildman–Crippen LogP) is 0.901. The average Bonchev–Trinajstić information content (AvgIpc) is 2.85. The molecule has 0 bridgehead atoms. The van der Waals surface area contributed by atoms with E-state index in [1.165, 1.54) is 29.5 Å². The Morgan fingerprint density at radius 2 is 2.19 bits per heavy atom. The minimum atomic E-state index is -0.564. The molecule has 1 aliphatic heterocycles. The summed E-state index contributed by atoms with van der Waals surface area (Å²) in [6.45, 7) is 2.51. The summed E-state index contributed by atoms with van der Waals surface area (Å²) in [6, 6.07) is 0. The minimum absolute atomic E-state index is 0.252. The predicted molar refractivity (Wildman–Crippen MR) is 77.3 cm³/mol. The largest absolute Gasteiger partial charge is 0.397 e. The highest BCUT2D eigenvalue weighted by atomic mass is 16.6. The van der Waals surface area contributed by atoms with Crippen LogP contribution in [-0.4, -0.2) is 45.3 Å². The van der Waals surface area contributed by atoms with E-state index < -0.39 is 4.92 Å². The third kappa shape index (κ3) is 4.38. The molecular weight excluding hydrogens is 274 g/mol. The molecule has 0 spiro atoms. The van der Waals surface area contributed by atoms with Gasteiger partial charge in [0.05, 0.1) is 30.6 Å². The van der Waals surface area contributed by atoms with Crippen LogP contribution in [0.3, 0.4) is 0 Å². The maximum atomic E-state index is 11.7. The molecule has 21 heavy (non-hydrogen) atoms. The second kappa shape index (κ2) is 6.98.